The average Bonchev–Trinajstić information content (AvgIpc) is 2.57. The van der Waals surface area contributed by atoms with Crippen molar-refractivity contribution < 1.29 is 31.9 Å². The number of carbonyl (C=O) groups is 2. The molecule has 29 heavy (non-hydrogen) atoms. The van der Waals surface area contributed by atoms with Crippen molar-refractivity contribution in [2.45, 2.75) is 76.7 Å². The molecule has 0 aliphatic carbocycles. The number of hydrogen-bond acceptors (Lipinski definition) is 3. The molecule has 2 bridgehead atoms. The monoisotopic (exact) mass is 415 g/mol. The molecule has 0 spiro atoms. The number of nitrogens with zero attached hydrogens (tertiary/aromatic N) is 1. The van der Waals surface area contributed by atoms with Gasteiger partial charge in [-0.15, -0.1) is 0 Å². The van der Waals surface area contributed by atoms with Crippen LogP contribution < -0.4 is 0 Å². The van der Waals surface area contributed by atoms with E-state index in [0.717, 1.165) is 18.6 Å². The lowest BCUT2D eigenvalue weighted by Crippen LogP contribution is -2.56. The Labute approximate surface area is 167 Å². The summed E-state index contributed by atoms with van der Waals surface area (Å²) in [6.45, 7) is 5.31. The van der Waals surface area contributed by atoms with Crippen LogP contribution >= 0.6 is 0 Å². The first-order valence-electron chi connectivity index (χ1n) is 9.79. The zero-order valence-corrected chi connectivity index (χ0v) is 16.7. The van der Waals surface area contributed by atoms with Crippen molar-refractivity contribution >= 4 is 11.9 Å². The Morgan fingerprint density at radius 1 is 1.07 bits per heavy atom. The number of alkyl halides is 3. The van der Waals surface area contributed by atoms with Crippen LogP contribution in [0.2, 0.25) is 0 Å². The molecule has 1 amide bonds. The van der Waals surface area contributed by atoms with E-state index < -0.39 is 46.5 Å². The minimum absolute atomic E-state index is 0.236. The van der Waals surface area contributed by atoms with Gasteiger partial charge in [0.1, 0.15) is 11.4 Å². The highest BCUT2D eigenvalue weighted by Gasteiger charge is 2.45. The summed E-state index contributed by atoms with van der Waals surface area (Å²) in [5, 5.41) is 0. The molecule has 4 nitrogen and oxygen atoms in total. The first kappa shape index (κ1) is 21.6. The molecular formula is C21H25F4NO3. The van der Waals surface area contributed by atoms with Gasteiger partial charge in [-0.1, -0.05) is 6.07 Å². The van der Waals surface area contributed by atoms with E-state index in [4.69, 9.17) is 4.74 Å². The van der Waals surface area contributed by atoms with E-state index in [1.54, 1.807) is 25.7 Å². The third kappa shape index (κ3) is 4.56. The standard InChI is InChI=1S/C21H25F4NO3/c1-20(2,3)29-19(28)26-13-6-4-7-14(26)11-12(10-13)18(27)15-8-5-9-16(17(15)22)21(23,24)25/h5,8-9,12-14H,4,6-7,10-11H2,1-3H3. The molecule has 2 heterocycles. The topological polar surface area (TPSA) is 46.6 Å². The quantitative estimate of drug-likeness (QED) is 0.467. The molecule has 8 heteroatoms. The number of ketones is 1. The summed E-state index contributed by atoms with van der Waals surface area (Å²) >= 11 is 0. The van der Waals surface area contributed by atoms with Crippen LogP contribution in [0, 0.1) is 11.7 Å². The van der Waals surface area contributed by atoms with Crippen LogP contribution in [-0.4, -0.2) is 34.5 Å². The summed E-state index contributed by atoms with van der Waals surface area (Å²) in [7, 11) is 0. The minimum atomic E-state index is -4.86. The van der Waals surface area contributed by atoms with Crippen LogP contribution in [0.1, 0.15) is 68.8 Å². The maximum atomic E-state index is 14.4. The zero-order chi connectivity index (χ0) is 21.6. The Hall–Kier alpha value is -2.12. The van der Waals surface area contributed by atoms with E-state index in [0.29, 0.717) is 31.7 Å². The molecule has 160 valence electrons. The van der Waals surface area contributed by atoms with Crippen molar-refractivity contribution in [2.24, 2.45) is 5.92 Å². The average molecular weight is 415 g/mol. The highest BCUT2D eigenvalue weighted by molar-refractivity contribution is 5.98. The summed E-state index contributed by atoms with van der Waals surface area (Å²) in [6.07, 6.45) is -2.45. The molecule has 2 saturated heterocycles. The van der Waals surface area contributed by atoms with Crippen LogP contribution in [0.25, 0.3) is 0 Å². The molecule has 1 aromatic rings. The Bertz CT molecular complexity index is 786. The third-order valence-electron chi connectivity index (χ3n) is 5.52. The number of rotatable bonds is 2. The van der Waals surface area contributed by atoms with E-state index in [9.17, 15) is 27.2 Å². The fourth-order valence-corrected chi connectivity index (χ4v) is 4.37. The zero-order valence-electron chi connectivity index (χ0n) is 16.7. The van der Waals surface area contributed by atoms with Gasteiger partial charge in [0.25, 0.3) is 0 Å². The predicted molar refractivity (Wildman–Crippen MR) is 98.0 cm³/mol. The molecule has 0 aromatic heterocycles. The second-order valence-electron chi connectivity index (χ2n) is 8.82. The highest BCUT2D eigenvalue weighted by atomic mass is 19.4. The van der Waals surface area contributed by atoms with E-state index in [-0.39, 0.29) is 12.1 Å². The molecule has 2 aliphatic rings. The van der Waals surface area contributed by atoms with E-state index >= 15 is 0 Å². The van der Waals surface area contributed by atoms with Crippen LogP contribution in [0.15, 0.2) is 18.2 Å². The number of Topliss-reactive ketones (excluding diaryl/α,β-unsaturated/α-hetero) is 1. The van der Waals surface area contributed by atoms with Gasteiger partial charge in [0, 0.05) is 18.0 Å². The van der Waals surface area contributed by atoms with Crippen LogP contribution in [0.5, 0.6) is 0 Å². The van der Waals surface area contributed by atoms with E-state index in [1.165, 1.54) is 0 Å². The number of carbonyl (C=O) groups excluding carboxylic acids is 2. The van der Waals surface area contributed by atoms with Gasteiger partial charge in [0.2, 0.25) is 0 Å². The third-order valence-corrected chi connectivity index (χ3v) is 5.52. The molecule has 2 atom stereocenters. The number of amides is 1. The summed E-state index contributed by atoms with van der Waals surface area (Å²) in [4.78, 5) is 27.2. The fraction of sp³-hybridized carbons (Fsp3) is 0.619. The van der Waals surface area contributed by atoms with E-state index in [1.807, 2.05) is 0 Å². The molecule has 0 saturated carbocycles. The number of fused-ring (bicyclic) bond motifs is 2. The molecule has 2 unspecified atom stereocenters. The van der Waals surface area contributed by atoms with Gasteiger partial charge in [-0.05, 0) is 65.0 Å². The number of piperidine rings is 2. The van der Waals surface area contributed by atoms with E-state index in [2.05, 4.69) is 0 Å². The van der Waals surface area contributed by atoms with Gasteiger partial charge in [0.15, 0.2) is 5.78 Å². The molecule has 0 N–H and O–H groups in total. The minimum Gasteiger partial charge on any atom is -0.444 e. The molecule has 1 aromatic carbocycles. The largest absolute Gasteiger partial charge is 0.444 e. The van der Waals surface area contributed by atoms with Gasteiger partial charge in [-0.25, -0.2) is 9.18 Å². The second kappa shape index (κ2) is 7.61. The normalized spacial score (nSPS) is 24.9. The summed E-state index contributed by atoms with van der Waals surface area (Å²) in [5.41, 5.74) is -2.62. The SMILES string of the molecule is CC(C)(C)OC(=O)N1C2CCCC1CC(C(=O)c1cccc(C(F)(F)F)c1F)C2. The van der Waals surface area contributed by atoms with Crippen LogP contribution in [0.3, 0.4) is 0 Å². The van der Waals surface area contributed by atoms with Gasteiger partial charge in [-0.3, -0.25) is 4.79 Å². The Morgan fingerprint density at radius 2 is 1.66 bits per heavy atom. The molecule has 2 aliphatic heterocycles. The lowest BCUT2D eigenvalue weighted by Gasteiger charge is -2.48. The molecule has 2 fully saturated rings. The number of halogens is 4. The van der Waals surface area contributed by atoms with Crippen molar-refractivity contribution in [1.82, 2.24) is 4.90 Å². The lowest BCUT2D eigenvalue weighted by molar-refractivity contribution is -0.140. The van der Waals surface area contributed by atoms with Gasteiger partial charge in [0.05, 0.1) is 11.1 Å². The maximum absolute atomic E-state index is 14.4. The van der Waals surface area contributed by atoms with Crippen molar-refractivity contribution in [3.63, 3.8) is 0 Å². The first-order chi connectivity index (χ1) is 13.4. The van der Waals surface area contributed by atoms with Gasteiger partial charge < -0.3 is 9.64 Å². The molecule has 3 rings (SSSR count). The van der Waals surface area contributed by atoms with Crippen LogP contribution in [0.4, 0.5) is 22.4 Å². The number of hydrogen-bond donors (Lipinski definition) is 0. The Kier molecular flexibility index (Phi) is 5.66. The number of benzene rings is 1. The lowest BCUT2D eigenvalue weighted by atomic mass is 9.75. The van der Waals surface area contributed by atoms with Crippen LogP contribution in [-0.2, 0) is 10.9 Å². The first-order valence-corrected chi connectivity index (χ1v) is 9.79. The number of ether oxygens (including phenoxy) is 1. The fourth-order valence-electron chi connectivity index (χ4n) is 4.37. The van der Waals surface area contributed by atoms with Gasteiger partial charge in [-0.2, -0.15) is 13.2 Å². The van der Waals surface area contributed by atoms with Crippen molar-refractivity contribution in [3.8, 4) is 0 Å². The summed E-state index contributed by atoms with van der Waals surface area (Å²) in [5.74, 6) is -2.78. The van der Waals surface area contributed by atoms with Gasteiger partial charge >= 0.3 is 12.3 Å². The van der Waals surface area contributed by atoms with Crippen molar-refractivity contribution in [1.29, 1.82) is 0 Å². The summed E-state index contributed by atoms with van der Waals surface area (Å²) < 4.78 is 58.9. The Morgan fingerprint density at radius 3 is 2.17 bits per heavy atom. The predicted octanol–water partition coefficient (Wildman–Crippen LogP) is 5.60. The molecule has 0 radical (unpaired) electrons. The smallest absolute Gasteiger partial charge is 0.419 e. The summed E-state index contributed by atoms with van der Waals surface area (Å²) in [6, 6.07) is 2.31. The van der Waals surface area contributed by atoms with Crippen molar-refractivity contribution in [2.75, 3.05) is 0 Å². The molecular weight excluding hydrogens is 390 g/mol. The highest BCUT2D eigenvalue weighted by Crippen LogP contribution is 2.40. The second-order valence-corrected chi connectivity index (χ2v) is 8.82. The maximum Gasteiger partial charge on any atom is 0.419 e. The Balaban J connectivity index is 1.82. The van der Waals surface area contributed by atoms with Crippen molar-refractivity contribution in [3.05, 3.63) is 35.1 Å².